The number of Topliss-reactive ketones (excluding diaryl/α,β-unsaturated/α-hetero) is 1. The molecule has 0 radical (unpaired) electrons. The number of carbonyl (C=O) groups is 1. The van der Waals surface area contributed by atoms with E-state index in [9.17, 15) is 14.7 Å². The number of aromatic hydroxyl groups is 1. The lowest BCUT2D eigenvalue weighted by Crippen LogP contribution is -2.09. The van der Waals surface area contributed by atoms with Crippen LogP contribution < -0.4 is 10.4 Å². The Labute approximate surface area is 109 Å². The summed E-state index contributed by atoms with van der Waals surface area (Å²) in [5, 5.41) is 10.5. The molecule has 5 nitrogen and oxygen atoms in total. The monoisotopic (exact) mass is 262 g/mol. The first-order chi connectivity index (χ1) is 9.02. The van der Waals surface area contributed by atoms with E-state index in [1.54, 1.807) is 12.1 Å². The molecule has 0 spiro atoms. The Morgan fingerprint density at radius 3 is 2.79 bits per heavy atom. The maximum absolute atomic E-state index is 11.8. The van der Waals surface area contributed by atoms with E-state index in [0.29, 0.717) is 11.1 Å². The summed E-state index contributed by atoms with van der Waals surface area (Å²) in [5.41, 5.74) is -0.235. The van der Waals surface area contributed by atoms with Crippen molar-refractivity contribution in [2.45, 2.75) is 19.8 Å². The number of rotatable bonds is 4. The summed E-state index contributed by atoms with van der Waals surface area (Å²) >= 11 is 0. The van der Waals surface area contributed by atoms with E-state index in [0.717, 1.165) is 0 Å². The van der Waals surface area contributed by atoms with Gasteiger partial charge in [-0.1, -0.05) is 0 Å². The van der Waals surface area contributed by atoms with E-state index in [4.69, 9.17) is 9.15 Å². The number of carbonyl (C=O) groups excluding carboxylic acids is 1. The molecule has 0 aliphatic carbocycles. The fourth-order valence-electron chi connectivity index (χ4n) is 1.85. The second kappa shape index (κ2) is 5.14. The standard InChI is InChI=1S/C14H14O5/c1-8(15)3-5-11-13(16)10-6-4-9(18-2)7-12(10)19-14(11)17/h4,6-7,16H,3,5H2,1-2H3. The summed E-state index contributed by atoms with van der Waals surface area (Å²) in [6.07, 6.45) is 0.367. The highest BCUT2D eigenvalue weighted by Crippen LogP contribution is 2.29. The summed E-state index contributed by atoms with van der Waals surface area (Å²) in [7, 11) is 1.50. The van der Waals surface area contributed by atoms with Gasteiger partial charge in [0.15, 0.2) is 0 Å². The largest absolute Gasteiger partial charge is 0.507 e. The Bertz CT molecular complexity index is 684. The van der Waals surface area contributed by atoms with Crippen LogP contribution in [0.25, 0.3) is 11.0 Å². The minimum absolute atomic E-state index is 0.0476. The highest BCUT2D eigenvalue weighted by atomic mass is 16.5. The molecule has 0 fully saturated rings. The van der Waals surface area contributed by atoms with Gasteiger partial charge in [0.1, 0.15) is 22.9 Å². The van der Waals surface area contributed by atoms with Gasteiger partial charge in [0.2, 0.25) is 0 Å². The first-order valence-corrected chi connectivity index (χ1v) is 5.85. The molecule has 0 saturated heterocycles. The van der Waals surface area contributed by atoms with E-state index < -0.39 is 5.63 Å². The molecular formula is C14H14O5. The molecule has 0 unspecified atom stereocenters. The van der Waals surface area contributed by atoms with Crippen LogP contribution in [0.15, 0.2) is 27.4 Å². The third kappa shape index (κ3) is 2.59. The Kier molecular flexibility index (Phi) is 3.55. The SMILES string of the molecule is COc1ccc2c(O)c(CCC(C)=O)c(=O)oc2c1. The zero-order valence-electron chi connectivity index (χ0n) is 10.7. The van der Waals surface area contributed by atoms with Crippen molar-refractivity contribution in [2.24, 2.45) is 0 Å². The summed E-state index contributed by atoms with van der Waals surface area (Å²) in [6, 6.07) is 4.81. The van der Waals surface area contributed by atoms with Crippen molar-refractivity contribution in [3.8, 4) is 11.5 Å². The highest BCUT2D eigenvalue weighted by molar-refractivity contribution is 5.85. The van der Waals surface area contributed by atoms with Gasteiger partial charge >= 0.3 is 5.63 Å². The van der Waals surface area contributed by atoms with Crippen molar-refractivity contribution in [3.63, 3.8) is 0 Å². The minimum atomic E-state index is -0.625. The van der Waals surface area contributed by atoms with Gasteiger partial charge < -0.3 is 19.1 Å². The van der Waals surface area contributed by atoms with Crippen molar-refractivity contribution in [1.29, 1.82) is 0 Å². The van der Waals surface area contributed by atoms with Crippen molar-refractivity contribution in [3.05, 3.63) is 34.2 Å². The average molecular weight is 262 g/mol. The molecule has 0 amide bonds. The normalized spacial score (nSPS) is 10.6. The molecule has 0 atom stereocenters. The molecule has 1 aromatic heterocycles. The lowest BCUT2D eigenvalue weighted by Gasteiger charge is -2.06. The Balaban J connectivity index is 2.55. The number of fused-ring (bicyclic) bond motifs is 1. The van der Waals surface area contributed by atoms with Crippen LogP contribution in [-0.2, 0) is 11.2 Å². The van der Waals surface area contributed by atoms with E-state index in [-0.39, 0.29) is 35.5 Å². The topological polar surface area (TPSA) is 76.7 Å². The summed E-state index contributed by atoms with van der Waals surface area (Å²) < 4.78 is 10.2. The zero-order valence-corrected chi connectivity index (χ0v) is 10.7. The molecule has 1 aromatic carbocycles. The minimum Gasteiger partial charge on any atom is -0.507 e. The van der Waals surface area contributed by atoms with E-state index in [2.05, 4.69) is 0 Å². The molecule has 0 saturated carbocycles. The molecule has 2 aromatic rings. The molecule has 0 aliphatic heterocycles. The molecule has 5 heteroatoms. The van der Waals surface area contributed by atoms with Gasteiger partial charge in [-0.3, -0.25) is 0 Å². The molecule has 1 heterocycles. The van der Waals surface area contributed by atoms with Crippen LogP contribution in [0.4, 0.5) is 0 Å². The maximum Gasteiger partial charge on any atom is 0.343 e. The van der Waals surface area contributed by atoms with E-state index in [1.165, 1.54) is 20.1 Å². The molecule has 100 valence electrons. The number of benzene rings is 1. The molecular weight excluding hydrogens is 248 g/mol. The fraction of sp³-hybridized carbons (Fsp3) is 0.286. The first-order valence-electron chi connectivity index (χ1n) is 5.85. The van der Waals surface area contributed by atoms with Gasteiger partial charge in [0.25, 0.3) is 0 Å². The van der Waals surface area contributed by atoms with Crippen molar-refractivity contribution in [2.75, 3.05) is 7.11 Å². The van der Waals surface area contributed by atoms with Crippen LogP contribution in [0.5, 0.6) is 11.5 Å². The number of methoxy groups -OCH3 is 1. The van der Waals surface area contributed by atoms with Gasteiger partial charge in [-0.15, -0.1) is 0 Å². The van der Waals surface area contributed by atoms with Crippen molar-refractivity contribution >= 4 is 16.8 Å². The van der Waals surface area contributed by atoms with Crippen molar-refractivity contribution < 1.29 is 19.1 Å². The van der Waals surface area contributed by atoms with Crippen LogP contribution >= 0.6 is 0 Å². The Morgan fingerprint density at radius 2 is 2.16 bits per heavy atom. The Morgan fingerprint density at radius 1 is 1.42 bits per heavy atom. The van der Waals surface area contributed by atoms with E-state index in [1.807, 2.05) is 0 Å². The summed E-state index contributed by atoms with van der Waals surface area (Å²) in [5.74, 6) is 0.357. The van der Waals surface area contributed by atoms with Crippen LogP contribution in [-0.4, -0.2) is 18.0 Å². The first kappa shape index (κ1) is 13.1. The average Bonchev–Trinajstić information content (AvgIpc) is 2.37. The second-order valence-corrected chi connectivity index (χ2v) is 4.28. The van der Waals surface area contributed by atoms with Crippen molar-refractivity contribution in [1.82, 2.24) is 0 Å². The van der Waals surface area contributed by atoms with Gasteiger partial charge in [-0.05, 0) is 25.5 Å². The zero-order chi connectivity index (χ0) is 14.0. The number of ether oxygens (including phenoxy) is 1. The third-order valence-corrected chi connectivity index (χ3v) is 2.91. The van der Waals surface area contributed by atoms with Crippen LogP contribution in [0.2, 0.25) is 0 Å². The maximum atomic E-state index is 11.8. The Hall–Kier alpha value is -2.30. The van der Waals surface area contributed by atoms with Gasteiger partial charge in [0.05, 0.1) is 18.1 Å². The molecule has 1 N–H and O–H groups in total. The molecule has 0 bridgehead atoms. The quantitative estimate of drug-likeness (QED) is 0.853. The third-order valence-electron chi connectivity index (χ3n) is 2.91. The molecule has 0 aliphatic rings. The number of ketones is 1. The lowest BCUT2D eigenvalue weighted by atomic mass is 10.1. The summed E-state index contributed by atoms with van der Waals surface area (Å²) in [6.45, 7) is 1.44. The van der Waals surface area contributed by atoms with Crippen LogP contribution in [0, 0.1) is 0 Å². The molecule has 2 rings (SSSR count). The predicted octanol–water partition coefficient (Wildman–Crippen LogP) is 2.03. The second-order valence-electron chi connectivity index (χ2n) is 4.28. The lowest BCUT2D eigenvalue weighted by molar-refractivity contribution is -0.116. The van der Waals surface area contributed by atoms with Crippen LogP contribution in [0.3, 0.4) is 0 Å². The number of hydrogen-bond acceptors (Lipinski definition) is 5. The predicted molar refractivity (Wildman–Crippen MR) is 69.7 cm³/mol. The van der Waals surface area contributed by atoms with Crippen LogP contribution in [0.1, 0.15) is 18.9 Å². The fourth-order valence-corrected chi connectivity index (χ4v) is 1.85. The smallest absolute Gasteiger partial charge is 0.343 e. The number of hydrogen-bond donors (Lipinski definition) is 1. The van der Waals surface area contributed by atoms with Gasteiger partial charge in [0, 0.05) is 12.5 Å². The van der Waals surface area contributed by atoms with Gasteiger partial charge in [-0.25, -0.2) is 4.79 Å². The van der Waals surface area contributed by atoms with Gasteiger partial charge in [-0.2, -0.15) is 0 Å². The summed E-state index contributed by atoms with van der Waals surface area (Å²) in [4.78, 5) is 22.7. The van der Waals surface area contributed by atoms with E-state index >= 15 is 0 Å². The molecule has 19 heavy (non-hydrogen) atoms. The highest BCUT2D eigenvalue weighted by Gasteiger charge is 2.14.